The Morgan fingerprint density at radius 1 is 1.43 bits per heavy atom. The zero-order valence-electron chi connectivity index (χ0n) is 10.7. The highest BCUT2D eigenvalue weighted by Crippen LogP contribution is 2.21. The van der Waals surface area contributed by atoms with Gasteiger partial charge in [-0.1, -0.05) is 11.2 Å². The normalized spacial score (nSPS) is 13.4. The molecule has 0 saturated heterocycles. The van der Waals surface area contributed by atoms with Crippen molar-refractivity contribution in [1.29, 1.82) is 0 Å². The average Bonchev–Trinajstić information content (AvgIpc) is 2.52. The Morgan fingerprint density at radius 2 is 2.19 bits per heavy atom. The Balaban J connectivity index is 2.46. The van der Waals surface area contributed by atoms with E-state index in [4.69, 9.17) is 9.95 Å². The van der Waals surface area contributed by atoms with Crippen molar-refractivity contribution in [3.63, 3.8) is 0 Å². The summed E-state index contributed by atoms with van der Waals surface area (Å²) in [5, 5.41) is 22.9. The zero-order valence-corrected chi connectivity index (χ0v) is 10.7. The van der Waals surface area contributed by atoms with E-state index in [0.717, 1.165) is 6.26 Å². The van der Waals surface area contributed by atoms with Crippen molar-refractivity contribution in [2.24, 2.45) is 5.11 Å². The Hall–Kier alpha value is -2.67. The molecule has 2 rings (SSSR count). The molecule has 1 heterocycles. The van der Waals surface area contributed by atoms with Crippen LogP contribution in [0.1, 0.15) is 22.0 Å². The number of aliphatic hydroxyl groups excluding tert-OH is 2. The number of carbonyl (C=O) groups is 1. The van der Waals surface area contributed by atoms with Gasteiger partial charge in [0.15, 0.2) is 6.29 Å². The Morgan fingerprint density at radius 3 is 2.86 bits per heavy atom. The fourth-order valence-corrected chi connectivity index (χ4v) is 1.87. The van der Waals surface area contributed by atoms with E-state index < -0.39 is 17.6 Å². The fourth-order valence-electron chi connectivity index (χ4n) is 1.87. The summed E-state index contributed by atoms with van der Waals surface area (Å²) in [7, 11) is 0. The minimum atomic E-state index is -1.33. The quantitative estimate of drug-likeness (QED) is 0.370. The van der Waals surface area contributed by atoms with Crippen LogP contribution in [0.3, 0.4) is 0 Å². The van der Waals surface area contributed by atoms with E-state index in [1.54, 1.807) is 0 Å². The van der Waals surface area contributed by atoms with E-state index in [1.807, 2.05) is 0 Å². The van der Waals surface area contributed by atoms with E-state index in [2.05, 4.69) is 10.0 Å². The molecule has 2 unspecified atom stereocenters. The van der Waals surface area contributed by atoms with E-state index >= 15 is 0 Å². The van der Waals surface area contributed by atoms with Gasteiger partial charge in [0.05, 0.1) is 23.6 Å². The topological polar surface area (TPSA) is 136 Å². The largest absolute Gasteiger partial charge is 0.463 e. The highest BCUT2D eigenvalue weighted by Gasteiger charge is 2.19. The van der Waals surface area contributed by atoms with Crippen molar-refractivity contribution < 1.29 is 19.4 Å². The third-order valence-electron chi connectivity index (χ3n) is 2.99. The fraction of sp³-hybridized carbons (Fsp3) is 0.231. The average molecular weight is 289 g/mol. The monoisotopic (exact) mass is 289 g/mol. The van der Waals surface area contributed by atoms with Crippen molar-refractivity contribution in [3.05, 3.63) is 56.3 Å². The summed E-state index contributed by atoms with van der Waals surface area (Å²) in [5.74, 6) is 0. The summed E-state index contributed by atoms with van der Waals surface area (Å²) >= 11 is 0. The molecule has 1 aromatic heterocycles. The maximum atomic E-state index is 12.0. The predicted molar refractivity (Wildman–Crippen MR) is 72.9 cm³/mol. The minimum absolute atomic E-state index is 0.118. The molecule has 0 aliphatic rings. The smallest absolute Gasteiger partial charge is 0.203 e. The third-order valence-corrected chi connectivity index (χ3v) is 2.99. The van der Waals surface area contributed by atoms with Gasteiger partial charge in [0.2, 0.25) is 5.43 Å². The molecule has 1 aromatic carbocycles. The van der Waals surface area contributed by atoms with Gasteiger partial charge < -0.3 is 14.6 Å². The number of azide groups is 1. The lowest BCUT2D eigenvalue weighted by molar-refractivity contribution is 0.0245. The molecule has 0 saturated carbocycles. The first-order chi connectivity index (χ1) is 10.1. The predicted octanol–water partition coefficient (Wildman–Crippen LogP) is 1.31. The number of hydrogen-bond donors (Lipinski definition) is 2. The van der Waals surface area contributed by atoms with Gasteiger partial charge in [-0.2, -0.15) is 0 Å². The first-order valence-corrected chi connectivity index (χ1v) is 5.96. The molecular formula is C13H11N3O5. The maximum absolute atomic E-state index is 12.0. The molecule has 8 nitrogen and oxygen atoms in total. The van der Waals surface area contributed by atoms with Crippen molar-refractivity contribution >= 4 is 17.3 Å². The molecule has 2 N–H and O–H groups in total. The van der Waals surface area contributed by atoms with Crippen molar-refractivity contribution in [2.75, 3.05) is 6.54 Å². The highest BCUT2D eigenvalue weighted by atomic mass is 16.3. The summed E-state index contributed by atoms with van der Waals surface area (Å²) in [6.45, 7) is -0.307. The maximum Gasteiger partial charge on any atom is 0.203 e. The second kappa shape index (κ2) is 6.19. The van der Waals surface area contributed by atoms with E-state index in [-0.39, 0.29) is 28.6 Å². The van der Waals surface area contributed by atoms with Gasteiger partial charge in [0.1, 0.15) is 18.0 Å². The van der Waals surface area contributed by atoms with E-state index in [1.165, 1.54) is 18.2 Å². The molecule has 0 fully saturated rings. The summed E-state index contributed by atoms with van der Waals surface area (Å²) in [5.41, 5.74) is 8.03. The van der Waals surface area contributed by atoms with Gasteiger partial charge in [-0.25, -0.2) is 0 Å². The molecule has 2 aromatic rings. The number of nitrogens with zero attached hydrogens (tertiary/aromatic N) is 3. The van der Waals surface area contributed by atoms with Crippen LogP contribution >= 0.6 is 0 Å². The van der Waals surface area contributed by atoms with Crippen molar-refractivity contribution in [3.8, 4) is 0 Å². The second-order valence-corrected chi connectivity index (χ2v) is 4.32. The van der Waals surface area contributed by atoms with Crippen molar-refractivity contribution in [2.45, 2.75) is 12.2 Å². The lowest BCUT2D eigenvalue weighted by atomic mass is 10.0. The molecule has 108 valence electrons. The standard InChI is InChI=1S/C13H11N3O5/c14-16-15-4-10(18)13(20)7-1-2-11-9(3-7)12(19)8(5-17)6-21-11/h1-3,5-6,10,13,18,20H,4H2. The van der Waals surface area contributed by atoms with E-state index in [9.17, 15) is 19.8 Å². The molecule has 0 spiro atoms. The van der Waals surface area contributed by atoms with Crippen molar-refractivity contribution in [1.82, 2.24) is 0 Å². The lowest BCUT2D eigenvalue weighted by Gasteiger charge is -2.16. The van der Waals surface area contributed by atoms with Crippen LogP contribution in [0.25, 0.3) is 21.4 Å². The summed E-state index contributed by atoms with van der Waals surface area (Å²) in [6.07, 6.45) is -1.20. The first-order valence-electron chi connectivity index (χ1n) is 5.96. The van der Waals surface area contributed by atoms with Gasteiger partial charge in [-0.05, 0) is 23.2 Å². The molecule has 0 amide bonds. The van der Waals surface area contributed by atoms with Crippen LogP contribution in [0, 0.1) is 0 Å². The summed E-state index contributed by atoms with van der Waals surface area (Å²) in [6, 6.07) is 4.25. The first kappa shape index (κ1) is 14.7. The number of rotatable bonds is 5. The Bertz CT molecular complexity index is 779. The van der Waals surface area contributed by atoms with Crippen LogP contribution in [0.15, 0.2) is 38.8 Å². The SMILES string of the molecule is [N-]=[N+]=NCC(O)C(O)c1ccc2occ(C=O)c(=O)c2c1. The van der Waals surface area contributed by atoms with Gasteiger partial charge in [0, 0.05) is 4.91 Å². The Labute approximate surface area is 117 Å². The van der Waals surface area contributed by atoms with E-state index in [0.29, 0.717) is 6.29 Å². The van der Waals surface area contributed by atoms with Crippen LogP contribution < -0.4 is 5.43 Å². The number of carbonyl (C=O) groups excluding carboxylic acids is 1. The van der Waals surface area contributed by atoms with Gasteiger partial charge in [-0.15, -0.1) is 0 Å². The number of fused-ring (bicyclic) bond motifs is 1. The molecule has 2 atom stereocenters. The van der Waals surface area contributed by atoms with Gasteiger partial charge in [-0.3, -0.25) is 9.59 Å². The molecule has 0 aliphatic carbocycles. The second-order valence-electron chi connectivity index (χ2n) is 4.32. The summed E-state index contributed by atoms with van der Waals surface area (Å²) in [4.78, 5) is 25.2. The minimum Gasteiger partial charge on any atom is -0.463 e. The molecular weight excluding hydrogens is 278 g/mol. The third kappa shape index (κ3) is 2.92. The molecule has 0 aliphatic heterocycles. The van der Waals surface area contributed by atoms with Crippen LogP contribution in [0.2, 0.25) is 0 Å². The van der Waals surface area contributed by atoms with Gasteiger partial charge >= 0.3 is 0 Å². The molecule has 8 heteroatoms. The highest BCUT2D eigenvalue weighted by molar-refractivity contribution is 5.84. The van der Waals surface area contributed by atoms with Gasteiger partial charge in [0.25, 0.3) is 0 Å². The number of aldehydes is 1. The summed E-state index contributed by atoms with van der Waals surface area (Å²) < 4.78 is 5.13. The lowest BCUT2D eigenvalue weighted by Crippen LogP contribution is -2.21. The van der Waals surface area contributed by atoms with Crippen LogP contribution in [0.4, 0.5) is 0 Å². The number of hydrogen-bond acceptors (Lipinski definition) is 6. The molecule has 0 bridgehead atoms. The number of benzene rings is 1. The van der Waals surface area contributed by atoms with Crippen LogP contribution in [-0.4, -0.2) is 29.1 Å². The van der Waals surface area contributed by atoms with Crippen LogP contribution in [-0.2, 0) is 0 Å². The Kier molecular flexibility index (Phi) is 4.34. The molecule has 21 heavy (non-hydrogen) atoms. The molecule has 0 radical (unpaired) electrons. The van der Waals surface area contributed by atoms with Crippen LogP contribution in [0.5, 0.6) is 0 Å². The zero-order chi connectivity index (χ0) is 15.4. The number of aliphatic hydroxyl groups is 2.